The lowest BCUT2D eigenvalue weighted by molar-refractivity contribution is 0.468. The molecule has 3 aromatic carbocycles. The van der Waals surface area contributed by atoms with Crippen LogP contribution in [0.4, 0.5) is 5.69 Å². The molecule has 1 unspecified atom stereocenters. The smallest absolute Gasteiger partial charge is 0.223 e. The fraction of sp³-hybridized carbons (Fsp3) is 0.120. The summed E-state index contributed by atoms with van der Waals surface area (Å²) >= 11 is 0. The largest absolute Gasteiger partial charge is 0.456 e. The zero-order valence-electron chi connectivity index (χ0n) is 16.2. The minimum absolute atomic E-state index is 0.151. The molecule has 0 aromatic heterocycles. The van der Waals surface area contributed by atoms with Crippen LogP contribution >= 0.6 is 7.29 Å². The van der Waals surface area contributed by atoms with Crippen molar-refractivity contribution in [2.45, 2.75) is 19.4 Å². The molecule has 2 aliphatic heterocycles. The summed E-state index contributed by atoms with van der Waals surface area (Å²) in [5.74, 6) is 4.94. The van der Waals surface area contributed by atoms with E-state index >= 15 is 0 Å². The average Bonchev–Trinajstić information content (AvgIpc) is 3.11. The predicted octanol–water partition coefficient (Wildman–Crippen LogP) is 6.74. The first-order valence-electron chi connectivity index (χ1n) is 9.85. The van der Waals surface area contributed by atoms with Crippen molar-refractivity contribution in [3.63, 3.8) is 0 Å². The van der Waals surface area contributed by atoms with E-state index in [-0.39, 0.29) is 6.04 Å². The molecule has 2 heterocycles. The molecule has 3 aromatic rings. The van der Waals surface area contributed by atoms with E-state index in [1.807, 2.05) is 84.4 Å². The van der Waals surface area contributed by atoms with E-state index in [2.05, 4.69) is 23.7 Å². The second-order valence-corrected chi connectivity index (χ2v) is 9.81. The van der Waals surface area contributed by atoms with Gasteiger partial charge in [-0.3, -0.25) is 4.57 Å². The molecule has 0 radical (unpaired) electrons. The molecular weight excluding hydrogens is 377 g/mol. The number of nitrogens with zero attached hydrogens (tertiary/aromatic N) is 1. The van der Waals surface area contributed by atoms with E-state index in [0.29, 0.717) is 11.5 Å². The zero-order chi connectivity index (χ0) is 19.8. The summed E-state index contributed by atoms with van der Waals surface area (Å²) in [5.41, 5.74) is 4.15. The number of benzene rings is 3. The van der Waals surface area contributed by atoms with Crippen molar-refractivity contribution in [3.8, 4) is 0 Å². The van der Waals surface area contributed by atoms with E-state index in [0.717, 1.165) is 23.2 Å². The summed E-state index contributed by atoms with van der Waals surface area (Å²) in [4.78, 5) is 0. The molecule has 5 rings (SSSR count). The number of hydrogen-bond acceptors (Lipinski definition) is 2. The van der Waals surface area contributed by atoms with Crippen LogP contribution < -0.4 is 4.67 Å². The highest BCUT2D eigenvalue weighted by atomic mass is 31.2. The number of hydrogen-bond donors (Lipinski definition) is 0. The van der Waals surface area contributed by atoms with E-state index in [4.69, 9.17) is 4.74 Å². The van der Waals surface area contributed by atoms with E-state index in [9.17, 15) is 4.57 Å². The molecule has 0 saturated heterocycles. The average molecular weight is 399 g/mol. The lowest BCUT2D eigenvalue weighted by Crippen LogP contribution is -2.25. The second-order valence-electron chi connectivity index (χ2n) is 7.52. The Bertz CT molecular complexity index is 1090. The van der Waals surface area contributed by atoms with Crippen molar-refractivity contribution < 1.29 is 9.30 Å². The van der Waals surface area contributed by atoms with Crippen LogP contribution in [-0.2, 0) is 15.7 Å². The number of anilines is 1. The Kier molecular flexibility index (Phi) is 4.41. The van der Waals surface area contributed by atoms with Gasteiger partial charge in [-0.15, -0.1) is 0 Å². The maximum atomic E-state index is 14.5. The van der Waals surface area contributed by atoms with Gasteiger partial charge in [0.05, 0.1) is 0 Å². The second kappa shape index (κ2) is 7.09. The molecular formula is C25H22NO2P. The molecule has 0 saturated carbocycles. The predicted molar refractivity (Wildman–Crippen MR) is 120 cm³/mol. The zero-order valence-corrected chi connectivity index (χ0v) is 17.1. The fourth-order valence-electron chi connectivity index (χ4n) is 4.17. The first kappa shape index (κ1) is 18.0. The number of rotatable bonds is 3. The van der Waals surface area contributed by atoms with Gasteiger partial charge in [-0.05, 0) is 25.0 Å². The van der Waals surface area contributed by atoms with Gasteiger partial charge in [0.1, 0.15) is 11.5 Å². The molecule has 29 heavy (non-hydrogen) atoms. The van der Waals surface area contributed by atoms with Gasteiger partial charge in [0.25, 0.3) is 0 Å². The molecule has 0 fully saturated rings. The first-order valence-corrected chi connectivity index (χ1v) is 11.7. The Balaban J connectivity index is 1.68. The molecule has 0 aliphatic carbocycles. The van der Waals surface area contributed by atoms with Gasteiger partial charge in [-0.1, -0.05) is 78.9 Å². The normalized spacial score (nSPS) is 19.8. The van der Waals surface area contributed by atoms with Crippen molar-refractivity contribution in [1.29, 1.82) is 0 Å². The fourth-order valence-corrected chi connectivity index (χ4v) is 6.79. The first-order chi connectivity index (χ1) is 14.1. The van der Waals surface area contributed by atoms with Crippen LogP contribution in [0.15, 0.2) is 96.6 Å². The quantitative estimate of drug-likeness (QED) is 0.457. The lowest BCUT2D eigenvalue weighted by atomic mass is 10.1. The third kappa shape index (κ3) is 3.22. The molecule has 1 atom stereocenters. The maximum Gasteiger partial charge on any atom is 0.223 e. The molecule has 0 amide bonds. The monoisotopic (exact) mass is 399 g/mol. The Hall–Kier alpha value is -3.03. The van der Waals surface area contributed by atoms with Gasteiger partial charge < -0.3 is 9.41 Å². The van der Waals surface area contributed by atoms with Crippen molar-refractivity contribution in [2.75, 3.05) is 4.67 Å². The van der Waals surface area contributed by atoms with E-state index in [1.54, 1.807) is 0 Å². The van der Waals surface area contributed by atoms with Gasteiger partial charge in [-0.2, -0.15) is 0 Å². The van der Waals surface area contributed by atoms with Crippen molar-refractivity contribution in [1.82, 2.24) is 0 Å². The van der Waals surface area contributed by atoms with Crippen LogP contribution in [-0.4, -0.2) is 6.04 Å². The van der Waals surface area contributed by atoms with Gasteiger partial charge in [0.2, 0.25) is 7.29 Å². The molecule has 0 N–H and O–H groups in total. The van der Waals surface area contributed by atoms with Gasteiger partial charge in [-0.25, -0.2) is 0 Å². The van der Waals surface area contributed by atoms with Crippen LogP contribution in [0.25, 0.3) is 11.5 Å². The lowest BCUT2D eigenvalue weighted by Gasteiger charge is -2.33. The van der Waals surface area contributed by atoms with Crippen LogP contribution in [0.3, 0.4) is 0 Å². The van der Waals surface area contributed by atoms with E-state index < -0.39 is 7.29 Å². The minimum Gasteiger partial charge on any atom is -0.456 e. The van der Waals surface area contributed by atoms with Crippen molar-refractivity contribution in [3.05, 3.63) is 113 Å². The van der Waals surface area contributed by atoms with Crippen molar-refractivity contribution >= 4 is 24.5 Å². The molecule has 4 heteroatoms. The van der Waals surface area contributed by atoms with Crippen LogP contribution in [0.1, 0.15) is 23.6 Å². The van der Waals surface area contributed by atoms with Gasteiger partial charge >= 0.3 is 0 Å². The van der Waals surface area contributed by atoms with Crippen LogP contribution in [0.5, 0.6) is 0 Å². The number of fused-ring (bicyclic) bond motifs is 1. The summed E-state index contributed by atoms with van der Waals surface area (Å²) in [6.07, 6.45) is 0.893. The van der Waals surface area contributed by atoms with E-state index in [1.165, 1.54) is 5.56 Å². The molecule has 3 nitrogen and oxygen atoms in total. The molecule has 144 valence electrons. The highest BCUT2D eigenvalue weighted by Gasteiger charge is 2.39. The van der Waals surface area contributed by atoms with Gasteiger partial charge in [0, 0.05) is 34.5 Å². The highest BCUT2D eigenvalue weighted by Crippen LogP contribution is 2.63. The Morgan fingerprint density at radius 1 is 0.793 bits per heavy atom. The Labute approximate surface area is 171 Å². The molecule has 0 bridgehead atoms. The van der Waals surface area contributed by atoms with Crippen LogP contribution in [0, 0.1) is 0 Å². The maximum absolute atomic E-state index is 14.5. The third-order valence-corrected chi connectivity index (χ3v) is 7.94. The molecule has 0 spiro atoms. The Morgan fingerprint density at radius 2 is 1.31 bits per heavy atom. The summed E-state index contributed by atoms with van der Waals surface area (Å²) in [6, 6.07) is 28.2. The summed E-state index contributed by atoms with van der Waals surface area (Å²) < 4.78 is 22.8. The number of para-hydroxylation sites is 1. The van der Waals surface area contributed by atoms with Crippen molar-refractivity contribution in [2.24, 2.45) is 0 Å². The topological polar surface area (TPSA) is 29.5 Å². The van der Waals surface area contributed by atoms with Gasteiger partial charge in [0.15, 0.2) is 0 Å². The highest BCUT2D eigenvalue weighted by molar-refractivity contribution is 7.72. The molecule has 2 aliphatic rings. The minimum atomic E-state index is -3.01. The van der Waals surface area contributed by atoms with Crippen LogP contribution in [0.2, 0.25) is 0 Å². The summed E-state index contributed by atoms with van der Waals surface area (Å²) in [6.45, 7) is 2.14. The SMILES string of the molecule is CC1Cc2ccccc2N1P1(=O)C=C(c2ccccc2)OC(c2ccccc2)=C1. The standard InChI is InChI=1S/C25H22NO2P/c1-19-16-22-14-8-9-15-23(22)26(19)29(27)17-24(20-10-4-2-5-11-20)28-25(18-29)21-12-6-3-7-13-21/h2-15,17-19H,16H2,1H3. The number of ether oxygens (including phenoxy) is 1. The Morgan fingerprint density at radius 3 is 1.90 bits per heavy atom. The summed E-state index contributed by atoms with van der Waals surface area (Å²) in [7, 11) is -3.01. The summed E-state index contributed by atoms with van der Waals surface area (Å²) in [5, 5.41) is 0. The third-order valence-electron chi connectivity index (χ3n) is 5.45.